The van der Waals surface area contributed by atoms with Gasteiger partial charge in [-0.05, 0) is 48.7 Å². The third-order valence-corrected chi connectivity index (χ3v) is 6.46. The maximum absolute atomic E-state index is 13.0. The van der Waals surface area contributed by atoms with Gasteiger partial charge in [-0.15, -0.1) is 0 Å². The van der Waals surface area contributed by atoms with E-state index < -0.39 is 10.0 Å². The van der Waals surface area contributed by atoms with Crippen LogP contribution in [0.2, 0.25) is 0 Å². The fourth-order valence-corrected chi connectivity index (χ4v) is 4.90. The Balaban J connectivity index is 1.98. The molecule has 3 rings (SSSR count). The summed E-state index contributed by atoms with van der Waals surface area (Å²) in [6, 6.07) is 15.8. The van der Waals surface area contributed by atoms with Gasteiger partial charge < -0.3 is 0 Å². The summed E-state index contributed by atoms with van der Waals surface area (Å²) < 4.78 is 28.4. The summed E-state index contributed by atoms with van der Waals surface area (Å²) in [7, 11) is -3.61. The highest BCUT2D eigenvalue weighted by Crippen LogP contribution is 2.36. The Bertz CT molecular complexity index is 857. The summed E-state index contributed by atoms with van der Waals surface area (Å²) in [5, 5.41) is 8.99. The van der Waals surface area contributed by atoms with Gasteiger partial charge in [-0.25, -0.2) is 8.42 Å². The average molecular weight is 391 g/mol. The molecule has 6 heteroatoms. The van der Waals surface area contributed by atoms with Gasteiger partial charge in [-0.3, -0.25) is 0 Å². The molecule has 23 heavy (non-hydrogen) atoms. The van der Waals surface area contributed by atoms with Gasteiger partial charge in [-0.1, -0.05) is 34.1 Å². The van der Waals surface area contributed by atoms with Crippen LogP contribution in [-0.4, -0.2) is 19.3 Å². The third-order valence-electron chi connectivity index (χ3n) is 4.03. The summed E-state index contributed by atoms with van der Waals surface area (Å²) in [5.41, 5.74) is 1.34. The monoisotopic (exact) mass is 390 g/mol. The topological polar surface area (TPSA) is 61.2 Å². The van der Waals surface area contributed by atoms with E-state index in [2.05, 4.69) is 15.9 Å². The molecule has 1 saturated heterocycles. The second kappa shape index (κ2) is 6.44. The van der Waals surface area contributed by atoms with Crippen molar-refractivity contribution in [1.29, 1.82) is 5.26 Å². The minimum absolute atomic E-state index is 0.154. The van der Waals surface area contributed by atoms with Crippen LogP contribution in [0.1, 0.15) is 30.0 Å². The van der Waals surface area contributed by atoms with Crippen LogP contribution in [0, 0.1) is 11.3 Å². The number of hydrogen-bond acceptors (Lipinski definition) is 3. The van der Waals surface area contributed by atoms with Crippen LogP contribution < -0.4 is 0 Å². The van der Waals surface area contributed by atoms with Gasteiger partial charge in [0.1, 0.15) is 0 Å². The Kier molecular flexibility index (Phi) is 4.53. The minimum atomic E-state index is -3.61. The zero-order valence-electron chi connectivity index (χ0n) is 12.3. The Hall–Kier alpha value is -1.68. The summed E-state index contributed by atoms with van der Waals surface area (Å²) in [5.74, 6) is 0. The van der Waals surface area contributed by atoms with Crippen LogP contribution in [0.3, 0.4) is 0 Å². The molecule has 0 aromatic heterocycles. The van der Waals surface area contributed by atoms with Crippen LogP contribution in [0.25, 0.3) is 0 Å². The normalized spacial score (nSPS) is 18.7. The lowest BCUT2D eigenvalue weighted by Gasteiger charge is -2.24. The Morgan fingerprint density at radius 3 is 2.61 bits per heavy atom. The lowest BCUT2D eigenvalue weighted by atomic mass is 10.1. The highest BCUT2D eigenvalue weighted by Gasteiger charge is 2.36. The molecule has 2 aromatic rings. The molecule has 118 valence electrons. The van der Waals surface area contributed by atoms with Crippen LogP contribution >= 0.6 is 15.9 Å². The molecule has 1 heterocycles. The van der Waals surface area contributed by atoms with E-state index in [-0.39, 0.29) is 10.9 Å². The molecule has 0 aliphatic carbocycles. The molecule has 1 unspecified atom stereocenters. The first-order valence-electron chi connectivity index (χ1n) is 7.30. The van der Waals surface area contributed by atoms with Gasteiger partial charge in [0.2, 0.25) is 10.0 Å². The van der Waals surface area contributed by atoms with Gasteiger partial charge >= 0.3 is 0 Å². The second-order valence-electron chi connectivity index (χ2n) is 5.46. The zero-order chi connectivity index (χ0) is 16.4. The largest absolute Gasteiger partial charge is 0.243 e. The molecule has 1 aliphatic rings. The smallest absolute Gasteiger partial charge is 0.207 e. The summed E-state index contributed by atoms with van der Waals surface area (Å²) in [4.78, 5) is 0.181. The first kappa shape index (κ1) is 16.2. The molecule has 0 saturated carbocycles. The average Bonchev–Trinajstić information content (AvgIpc) is 3.06. The van der Waals surface area contributed by atoms with Gasteiger partial charge in [0.25, 0.3) is 0 Å². The first-order valence-corrected chi connectivity index (χ1v) is 9.53. The molecule has 1 fully saturated rings. The number of halogens is 1. The molecular formula is C17H15BrN2O2S. The minimum Gasteiger partial charge on any atom is -0.207 e. The van der Waals surface area contributed by atoms with Crippen molar-refractivity contribution in [3.05, 3.63) is 64.1 Å². The number of nitriles is 1. The number of rotatable bonds is 3. The van der Waals surface area contributed by atoms with Crippen LogP contribution in [-0.2, 0) is 10.0 Å². The molecule has 4 nitrogen and oxygen atoms in total. The van der Waals surface area contributed by atoms with Crippen LogP contribution in [0.15, 0.2) is 57.9 Å². The predicted octanol–water partition coefficient (Wildman–Crippen LogP) is 3.85. The molecule has 0 spiro atoms. The summed E-state index contributed by atoms with van der Waals surface area (Å²) >= 11 is 3.40. The van der Waals surface area contributed by atoms with Crippen molar-refractivity contribution >= 4 is 26.0 Å². The van der Waals surface area contributed by atoms with E-state index in [0.717, 1.165) is 22.9 Å². The molecule has 0 bridgehead atoms. The fraction of sp³-hybridized carbons (Fsp3) is 0.235. The van der Waals surface area contributed by atoms with Gasteiger partial charge in [0.15, 0.2) is 0 Å². The highest BCUT2D eigenvalue weighted by molar-refractivity contribution is 9.10. The van der Waals surface area contributed by atoms with E-state index in [0.29, 0.717) is 12.1 Å². The van der Waals surface area contributed by atoms with Gasteiger partial charge in [-0.2, -0.15) is 9.57 Å². The molecule has 0 amide bonds. The lowest BCUT2D eigenvalue weighted by molar-refractivity contribution is 0.396. The quantitative estimate of drug-likeness (QED) is 0.799. The van der Waals surface area contributed by atoms with Gasteiger partial charge in [0.05, 0.1) is 22.6 Å². The SMILES string of the molecule is N#Cc1cccc(S(=O)(=O)N2CCCC2c2ccc(Br)cc2)c1. The maximum atomic E-state index is 13.0. The Labute approximate surface area is 144 Å². The molecule has 1 atom stereocenters. The van der Waals surface area contributed by atoms with Crippen molar-refractivity contribution in [3.8, 4) is 6.07 Å². The Morgan fingerprint density at radius 1 is 1.17 bits per heavy atom. The van der Waals surface area contributed by atoms with Crippen molar-refractivity contribution in [2.45, 2.75) is 23.8 Å². The van der Waals surface area contributed by atoms with Crippen molar-refractivity contribution in [2.75, 3.05) is 6.54 Å². The van der Waals surface area contributed by atoms with E-state index in [4.69, 9.17) is 5.26 Å². The van der Waals surface area contributed by atoms with Crippen molar-refractivity contribution in [2.24, 2.45) is 0 Å². The highest BCUT2D eigenvalue weighted by atomic mass is 79.9. The number of hydrogen-bond donors (Lipinski definition) is 0. The van der Waals surface area contributed by atoms with Crippen molar-refractivity contribution < 1.29 is 8.42 Å². The summed E-state index contributed by atoms with van der Waals surface area (Å²) in [6.45, 7) is 0.500. The number of sulfonamides is 1. The summed E-state index contributed by atoms with van der Waals surface area (Å²) in [6.07, 6.45) is 1.64. The standard InChI is InChI=1S/C17H15BrN2O2S/c18-15-8-6-14(7-9-15)17-5-2-10-20(17)23(21,22)16-4-1-3-13(11-16)12-19/h1,3-4,6-9,11,17H,2,5,10H2. The van der Waals surface area contributed by atoms with Crippen molar-refractivity contribution in [1.82, 2.24) is 4.31 Å². The number of benzene rings is 2. The molecule has 0 radical (unpaired) electrons. The number of nitrogens with zero attached hydrogens (tertiary/aromatic N) is 2. The zero-order valence-corrected chi connectivity index (χ0v) is 14.7. The van der Waals surface area contributed by atoms with Crippen LogP contribution in [0.4, 0.5) is 0 Å². The molecule has 0 N–H and O–H groups in total. The third kappa shape index (κ3) is 3.18. The molecule has 1 aliphatic heterocycles. The molecule has 2 aromatic carbocycles. The first-order chi connectivity index (χ1) is 11.0. The maximum Gasteiger partial charge on any atom is 0.243 e. The Morgan fingerprint density at radius 2 is 1.91 bits per heavy atom. The molecular weight excluding hydrogens is 376 g/mol. The van der Waals surface area contributed by atoms with E-state index in [1.807, 2.05) is 30.3 Å². The van der Waals surface area contributed by atoms with E-state index in [1.54, 1.807) is 22.5 Å². The fourth-order valence-electron chi connectivity index (χ4n) is 2.91. The lowest BCUT2D eigenvalue weighted by Crippen LogP contribution is -2.30. The second-order valence-corrected chi connectivity index (χ2v) is 8.27. The van der Waals surface area contributed by atoms with E-state index in [9.17, 15) is 8.42 Å². The van der Waals surface area contributed by atoms with E-state index >= 15 is 0 Å². The predicted molar refractivity (Wildman–Crippen MR) is 91.2 cm³/mol. The van der Waals surface area contributed by atoms with Gasteiger partial charge in [0, 0.05) is 11.0 Å². The van der Waals surface area contributed by atoms with Crippen LogP contribution in [0.5, 0.6) is 0 Å². The van der Waals surface area contributed by atoms with E-state index in [1.165, 1.54) is 6.07 Å². The van der Waals surface area contributed by atoms with Crippen molar-refractivity contribution in [3.63, 3.8) is 0 Å².